The van der Waals surface area contributed by atoms with Gasteiger partial charge in [0, 0.05) is 20.3 Å². The summed E-state index contributed by atoms with van der Waals surface area (Å²) in [5, 5.41) is 2.42. The summed E-state index contributed by atoms with van der Waals surface area (Å²) >= 11 is 0. The molecule has 0 unspecified atom stereocenters. The fourth-order valence-electron chi connectivity index (χ4n) is 1.09. The van der Waals surface area contributed by atoms with Crippen LogP contribution in [0.15, 0.2) is 11.0 Å². The molecule has 0 saturated heterocycles. The molecule has 1 rings (SSSR count). The molecule has 1 aromatic rings. The van der Waals surface area contributed by atoms with Gasteiger partial charge in [-0.05, 0) is 6.42 Å². The third kappa shape index (κ3) is 3.52. The molecule has 8 heteroatoms. The number of nitrogens with one attached hydrogen (secondary N) is 1. The SMILES string of the molecule is COCCCNC(=O)n1cc(F)c(N)nc1=O. The summed E-state index contributed by atoms with van der Waals surface area (Å²) in [6.45, 7) is 0.786. The van der Waals surface area contributed by atoms with Crippen molar-refractivity contribution >= 4 is 11.8 Å². The molecule has 94 valence electrons. The molecule has 0 fully saturated rings. The molecular weight excluding hydrogens is 231 g/mol. The van der Waals surface area contributed by atoms with Crippen molar-refractivity contribution in [2.75, 3.05) is 26.0 Å². The normalized spacial score (nSPS) is 10.2. The lowest BCUT2D eigenvalue weighted by molar-refractivity contribution is 0.193. The molecule has 0 saturated carbocycles. The first kappa shape index (κ1) is 13.1. The van der Waals surface area contributed by atoms with Crippen molar-refractivity contribution < 1.29 is 13.9 Å². The Hall–Kier alpha value is -1.96. The Morgan fingerprint density at radius 1 is 1.71 bits per heavy atom. The molecule has 0 aliphatic heterocycles. The van der Waals surface area contributed by atoms with Crippen molar-refractivity contribution in [1.29, 1.82) is 0 Å². The van der Waals surface area contributed by atoms with Crippen LogP contribution in [0.4, 0.5) is 15.0 Å². The zero-order chi connectivity index (χ0) is 12.8. The standard InChI is InChI=1S/C9H13FN4O3/c1-17-4-2-3-12-8(15)14-5-6(10)7(11)13-9(14)16/h5H,2-4H2,1H3,(H,12,15)(H2,11,13,16). The van der Waals surface area contributed by atoms with Gasteiger partial charge in [-0.3, -0.25) is 0 Å². The lowest BCUT2D eigenvalue weighted by atomic mass is 10.4. The molecule has 0 radical (unpaired) electrons. The largest absolute Gasteiger partial charge is 0.385 e. The molecule has 0 atom stereocenters. The average Bonchev–Trinajstić information content (AvgIpc) is 2.29. The lowest BCUT2D eigenvalue weighted by Gasteiger charge is -2.06. The van der Waals surface area contributed by atoms with Gasteiger partial charge in [0.05, 0.1) is 6.20 Å². The second kappa shape index (κ2) is 5.94. The number of amides is 1. The van der Waals surface area contributed by atoms with E-state index in [9.17, 15) is 14.0 Å². The number of hydrogen-bond acceptors (Lipinski definition) is 5. The van der Waals surface area contributed by atoms with Crippen molar-refractivity contribution in [2.45, 2.75) is 6.42 Å². The maximum absolute atomic E-state index is 13.0. The average molecular weight is 244 g/mol. The van der Waals surface area contributed by atoms with Crippen molar-refractivity contribution in [3.05, 3.63) is 22.5 Å². The summed E-state index contributed by atoms with van der Waals surface area (Å²) in [7, 11) is 1.53. The molecule has 7 nitrogen and oxygen atoms in total. The first-order chi connectivity index (χ1) is 8.06. The van der Waals surface area contributed by atoms with Crippen LogP contribution < -0.4 is 16.7 Å². The number of hydrogen-bond donors (Lipinski definition) is 2. The zero-order valence-corrected chi connectivity index (χ0v) is 9.27. The van der Waals surface area contributed by atoms with Crippen LogP contribution in [0.5, 0.6) is 0 Å². The fourth-order valence-corrected chi connectivity index (χ4v) is 1.09. The Balaban J connectivity index is 2.69. The van der Waals surface area contributed by atoms with E-state index in [1.807, 2.05) is 0 Å². The highest BCUT2D eigenvalue weighted by Crippen LogP contribution is 2.00. The minimum atomic E-state index is -0.923. The molecule has 3 N–H and O–H groups in total. The minimum Gasteiger partial charge on any atom is -0.385 e. The first-order valence-electron chi connectivity index (χ1n) is 4.88. The lowest BCUT2D eigenvalue weighted by Crippen LogP contribution is -2.38. The predicted molar refractivity (Wildman–Crippen MR) is 58.2 cm³/mol. The van der Waals surface area contributed by atoms with Gasteiger partial charge >= 0.3 is 11.7 Å². The van der Waals surface area contributed by atoms with Gasteiger partial charge < -0.3 is 15.8 Å². The number of carbonyl (C=O) groups excluding carboxylic acids is 1. The number of aromatic nitrogens is 2. The summed E-state index contributed by atoms with van der Waals surface area (Å²) < 4.78 is 18.3. The third-order valence-electron chi connectivity index (χ3n) is 1.93. The molecule has 1 heterocycles. The van der Waals surface area contributed by atoms with E-state index in [-0.39, 0.29) is 0 Å². The Morgan fingerprint density at radius 3 is 3.06 bits per heavy atom. The Kier molecular flexibility index (Phi) is 4.58. The Bertz CT molecular complexity index is 460. The van der Waals surface area contributed by atoms with Gasteiger partial charge in [-0.2, -0.15) is 4.98 Å². The highest BCUT2D eigenvalue weighted by Gasteiger charge is 2.10. The van der Waals surface area contributed by atoms with Crippen LogP contribution in [0.2, 0.25) is 0 Å². The van der Waals surface area contributed by atoms with Gasteiger partial charge in [0.25, 0.3) is 0 Å². The van der Waals surface area contributed by atoms with E-state index >= 15 is 0 Å². The van der Waals surface area contributed by atoms with Gasteiger partial charge in [-0.1, -0.05) is 0 Å². The van der Waals surface area contributed by atoms with Crippen LogP contribution in [-0.4, -0.2) is 35.8 Å². The van der Waals surface area contributed by atoms with E-state index in [1.54, 1.807) is 0 Å². The van der Waals surface area contributed by atoms with Gasteiger partial charge in [-0.15, -0.1) is 0 Å². The smallest absolute Gasteiger partial charge is 0.357 e. The van der Waals surface area contributed by atoms with Crippen LogP contribution in [0.25, 0.3) is 0 Å². The van der Waals surface area contributed by atoms with E-state index in [4.69, 9.17) is 10.5 Å². The molecule has 17 heavy (non-hydrogen) atoms. The summed E-state index contributed by atoms with van der Waals surface area (Å²) in [5.41, 5.74) is 4.16. The van der Waals surface area contributed by atoms with E-state index < -0.39 is 23.4 Å². The number of rotatable bonds is 4. The number of nitrogen functional groups attached to an aromatic ring is 1. The van der Waals surface area contributed by atoms with Gasteiger partial charge in [0.15, 0.2) is 11.6 Å². The van der Waals surface area contributed by atoms with Crippen LogP contribution in [0, 0.1) is 5.82 Å². The maximum Gasteiger partial charge on any atom is 0.357 e. The van der Waals surface area contributed by atoms with Crippen LogP contribution in [0.3, 0.4) is 0 Å². The Morgan fingerprint density at radius 2 is 2.41 bits per heavy atom. The van der Waals surface area contributed by atoms with Crippen LogP contribution in [0.1, 0.15) is 6.42 Å². The van der Waals surface area contributed by atoms with Gasteiger partial charge in [0.1, 0.15) is 0 Å². The summed E-state index contributed by atoms with van der Waals surface area (Å²) in [4.78, 5) is 25.9. The molecule has 0 aliphatic rings. The van der Waals surface area contributed by atoms with Crippen LogP contribution in [-0.2, 0) is 4.74 Å². The van der Waals surface area contributed by atoms with Crippen molar-refractivity contribution in [2.24, 2.45) is 0 Å². The number of ether oxygens (including phenoxy) is 1. The molecule has 0 aliphatic carbocycles. The summed E-state index contributed by atoms with van der Waals surface area (Å²) in [5.74, 6) is -1.45. The number of anilines is 1. The Labute approximate surface area is 96.4 Å². The number of halogens is 1. The number of methoxy groups -OCH3 is 1. The van der Waals surface area contributed by atoms with Crippen molar-refractivity contribution in [1.82, 2.24) is 14.9 Å². The van der Waals surface area contributed by atoms with Gasteiger partial charge in [-0.25, -0.2) is 18.5 Å². The first-order valence-corrected chi connectivity index (χ1v) is 4.88. The molecule has 0 spiro atoms. The summed E-state index contributed by atoms with van der Waals surface area (Å²) in [6.07, 6.45) is 1.29. The van der Waals surface area contributed by atoms with Crippen LogP contribution >= 0.6 is 0 Å². The molecule has 0 bridgehead atoms. The molecule has 1 amide bonds. The molecular formula is C9H13FN4O3. The monoisotopic (exact) mass is 244 g/mol. The second-order valence-electron chi connectivity index (χ2n) is 3.20. The van der Waals surface area contributed by atoms with E-state index in [1.165, 1.54) is 7.11 Å². The highest BCUT2D eigenvalue weighted by atomic mass is 19.1. The molecule has 0 aromatic carbocycles. The number of carbonyl (C=O) groups is 1. The quantitative estimate of drug-likeness (QED) is 0.699. The topological polar surface area (TPSA) is 99.2 Å². The zero-order valence-electron chi connectivity index (χ0n) is 9.27. The minimum absolute atomic E-state index is 0.311. The van der Waals surface area contributed by atoms with Crippen molar-refractivity contribution in [3.63, 3.8) is 0 Å². The highest BCUT2D eigenvalue weighted by molar-refractivity contribution is 5.76. The molecule has 1 aromatic heterocycles. The van der Waals surface area contributed by atoms with E-state index in [2.05, 4.69) is 10.3 Å². The number of nitrogens with two attached hydrogens (primary N) is 1. The van der Waals surface area contributed by atoms with E-state index in [0.717, 1.165) is 0 Å². The second-order valence-corrected chi connectivity index (χ2v) is 3.20. The van der Waals surface area contributed by atoms with Gasteiger partial charge in [0.2, 0.25) is 0 Å². The summed E-state index contributed by atoms with van der Waals surface area (Å²) in [6, 6.07) is -0.752. The van der Waals surface area contributed by atoms with E-state index in [0.29, 0.717) is 30.3 Å². The predicted octanol–water partition coefficient (Wildman–Crippen LogP) is -0.441. The third-order valence-corrected chi connectivity index (χ3v) is 1.93. The van der Waals surface area contributed by atoms with Crippen molar-refractivity contribution in [3.8, 4) is 0 Å². The maximum atomic E-state index is 13.0. The fraction of sp³-hybridized carbons (Fsp3) is 0.444. The number of nitrogens with zero attached hydrogens (tertiary/aromatic N) is 2.